The van der Waals surface area contributed by atoms with Crippen molar-refractivity contribution in [2.24, 2.45) is 17.6 Å². The van der Waals surface area contributed by atoms with Crippen LogP contribution in [0.2, 0.25) is 0 Å². The Kier molecular flexibility index (Phi) is 3.66. The highest BCUT2D eigenvalue weighted by molar-refractivity contribution is 6.20. The predicted octanol–water partition coefficient (Wildman–Crippen LogP) is 1.85. The minimum absolute atomic E-state index is 0.0287. The highest BCUT2D eigenvalue weighted by Crippen LogP contribution is 2.42. The summed E-state index contributed by atoms with van der Waals surface area (Å²) < 4.78 is 37.0. The number of hydrogen-bond acceptors (Lipinski definition) is 2. The Morgan fingerprint density at radius 1 is 1.36 bits per heavy atom. The van der Waals surface area contributed by atoms with Crippen molar-refractivity contribution in [3.05, 3.63) is 0 Å². The van der Waals surface area contributed by atoms with Crippen molar-refractivity contribution in [2.45, 2.75) is 37.0 Å². The molecule has 0 saturated heterocycles. The Morgan fingerprint density at radius 2 is 1.93 bits per heavy atom. The van der Waals surface area contributed by atoms with Gasteiger partial charge in [0.05, 0.1) is 5.92 Å². The van der Waals surface area contributed by atoms with E-state index in [1.807, 2.05) is 0 Å². The summed E-state index contributed by atoms with van der Waals surface area (Å²) in [6.07, 6.45) is -5.35. The van der Waals surface area contributed by atoms with Crippen LogP contribution in [-0.4, -0.2) is 22.9 Å². The summed E-state index contributed by atoms with van der Waals surface area (Å²) in [6, 6.07) is 0. The second-order valence-electron chi connectivity index (χ2n) is 3.72. The Balaban J connectivity index is 2.62. The third kappa shape index (κ3) is 2.74. The molecule has 0 bridgehead atoms. The van der Waals surface area contributed by atoms with Crippen molar-refractivity contribution in [1.29, 1.82) is 0 Å². The molecule has 1 aliphatic rings. The van der Waals surface area contributed by atoms with Gasteiger partial charge in [0.15, 0.2) is 0 Å². The van der Waals surface area contributed by atoms with Crippen molar-refractivity contribution in [2.75, 3.05) is 0 Å². The van der Waals surface area contributed by atoms with E-state index in [0.29, 0.717) is 0 Å². The van der Waals surface area contributed by atoms with Crippen LogP contribution >= 0.6 is 11.6 Å². The molecule has 0 aromatic carbocycles. The highest BCUT2D eigenvalue weighted by atomic mass is 35.5. The number of aliphatic hydroxyl groups is 1. The molecule has 0 aliphatic heterocycles. The fourth-order valence-corrected chi connectivity index (χ4v) is 2.20. The quantitative estimate of drug-likeness (QED) is 0.534. The second kappa shape index (κ2) is 4.24. The maximum absolute atomic E-state index is 12.3. The molecule has 1 rings (SSSR count). The lowest BCUT2D eigenvalue weighted by atomic mass is 9.80. The van der Waals surface area contributed by atoms with Gasteiger partial charge in [0.1, 0.15) is 6.23 Å². The zero-order valence-corrected chi connectivity index (χ0v) is 8.22. The van der Waals surface area contributed by atoms with Gasteiger partial charge < -0.3 is 10.8 Å². The fraction of sp³-hybridized carbons (Fsp3) is 1.00. The lowest BCUT2D eigenvalue weighted by molar-refractivity contribution is -0.188. The second-order valence-corrected chi connectivity index (χ2v) is 4.28. The van der Waals surface area contributed by atoms with Crippen LogP contribution in [0.5, 0.6) is 0 Å². The zero-order valence-electron chi connectivity index (χ0n) is 7.47. The van der Waals surface area contributed by atoms with E-state index in [0.717, 1.165) is 0 Å². The molecule has 84 valence electrons. The van der Waals surface area contributed by atoms with Gasteiger partial charge in [-0.2, -0.15) is 13.2 Å². The molecule has 0 aromatic heterocycles. The highest BCUT2D eigenvalue weighted by Gasteiger charge is 2.45. The van der Waals surface area contributed by atoms with E-state index in [2.05, 4.69) is 0 Å². The predicted molar refractivity (Wildman–Crippen MR) is 46.7 cm³/mol. The number of aliphatic hydroxyl groups excluding tert-OH is 1. The van der Waals surface area contributed by atoms with Gasteiger partial charge in [-0.1, -0.05) is 0 Å². The topological polar surface area (TPSA) is 46.2 Å². The van der Waals surface area contributed by atoms with Crippen LogP contribution in [-0.2, 0) is 0 Å². The average molecular weight is 232 g/mol. The van der Waals surface area contributed by atoms with E-state index in [1.54, 1.807) is 0 Å². The lowest BCUT2D eigenvalue weighted by Crippen LogP contribution is -2.42. The number of hydrogen-bond donors (Lipinski definition) is 2. The van der Waals surface area contributed by atoms with E-state index in [1.165, 1.54) is 0 Å². The molecule has 1 saturated carbocycles. The van der Waals surface area contributed by atoms with Crippen LogP contribution in [0.15, 0.2) is 0 Å². The molecule has 0 radical (unpaired) electrons. The van der Waals surface area contributed by atoms with Gasteiger partial charge >= 0.3 is 6.18 Å². The molecule has 1 aliphatic carbocycles. The summed E-state index contributed by atoms with van der Waals surface area (Å²) in [4.78, 5) is 0. The number of halogens is 4. The van der Waals surface area contributed by atoms with Gasteiger partial charge in [-0.05, 0) is 19.3 Å². The summed E-state index contributed by atoms with van der Waals surface area (Å²) in [7, 11) is 0. The summed E-state index contributed by atoms with van der Waals surface area (Å²) in [6.45, 7) is 0. The third-order valence-corrected chi connectivity index (χ3v) is 3.26. The minimum atomic E-state index is -4.20. The molecule has 2 nitrogen and oxygen atoms in total. The number of nitrogens with two attached hydrogens (primary N) is 1. The van der Waals surface area contributed by atoms with Crippen LogP contribution in [0.3, 0.4) is 0 Å². The fourth-order valence-electron chi connectivity index (χ4n) is 1.82. The average Bonchev–Trinajstić information content (AvgIpc) is 2.02. The molecule has 0 amide bonds. The van der Waals surface area contributed by atoms with Crippen molar-refractivity contribution in [3.8, 4) is 0 Å². The molecule has 0 heterocycles. The normalized spacial score (nSPS) is 36.9. The lowest BCUT2D eigenvalue weighted by Gasteiger charge is -2.35. The van der Waals surface area contributed by atoms with E-state index < -0.39 is 29.6 Å². The van der Waals surface area contributed by atoms with Crippen LogP contribution < -0.4 is 5.73 Å². The van der Waals surface area contributed by atoms with Crippen LogP contribution in [0.25, 0.3) is 0 Å². The van der Waals surface area contributed by atoms with Crippen LogP contribution in [0, 0.1) is 11.8 Å². The van der Waals surface area contributed by atoms with Gasteiger partial charge in [0.2, 0.25) is 0 Å². The Labute approximate surface area is 85.2 Å². The standard InChI is InChI=1S/C8H13ClF3NO/c9-6-2-1-4(8(10,11)12)3-5(6)7(13)14/h4-7,14H,1-3,13H2. The molecule has 1 fully saturated rings. The zero-order chi connectivity index (χ0) is 10.9. The van der Waals surface area contributed by atoms with Crippen molar-refractivity contribution >= 4 is 11.6 Å². The first kappa shape index (κ1) is 12.1. The third-order valence-electron chi connectivity index (χ3n) is 2.71. The van der Waals surface area contributed by atoms with E-state index >= 15 is 0 Å². The van der Waals surface area contributed by atoms with E-state index in [9.17, 15) is 13.2 Å². The SMILES string of the molecule is NC(O)C1CC(C(F)(F)F)CCC1Cl. The van der Waals surface area contributed by atoms with Crippen LogP contribution in [0.1, 0.15) is 19.3 Å². The van der Waals surface area contributed by atoms with Gasteiger partial charge in [0, 0.05) is 11.3 Å². The largest absolute Gasteiger partial charge is 0.391 e. The molecule has 4 atom stereocenters. The maximum Gasteiger partial charge on any atom is 0.391 e. The monoisotopic (exact) mass is 231 g/mol. The Morgan fingerprint density at radius 3 is 2.36 bits per heavy atom. The minimum Gasteiger partial charge on any atom is -0.378 e. The maximum atomic E-state index is 12.3. The van der Waals surface area contributed by atoms with Crippen molar-refractivity contribution < 1.29 is 18.3 Å². The van der Waals surface area contributed by atoms with Gasteiger partial charge in [0.25, 0.3) is 0 Å². The van der Waals surface area contributed by atoms with Crippen molar-refractivity contribution in [1.82, 2.24) is 0 Å². The Hall–Kier alpha value is -0.0000000000000000555. The first-order valence-corrected chi connectivity index (χ1v) is 4.90. The summed E-state index contributed by atoms with van der Waals surface area (Å²) in [5.74, 6) is -2.03. The summed E-state index contributed by atoms with van der Waals surface area (Å²) >= 11 is 5.79. The first-order valence-electron chi connectivity index (χ1n) is 4.47. The molecule has 3 N–H and O–H groups in total. The molecular weight excluding hydrogens is 219 g/mol. The van der Waals surface area contributed by atoms with Gasteiger partial charge in [-0.25, -0.2) is 0 Å². The van der Waals surface area contributed by atoms with E-state index in [4.69, 9.17) is 22.4 Å². The Bertz CT molecular complexity index is 198. The van der Waals surface area contributed by atoms with E-state index in [-0.39, 0.29) is 19.3 Å². The molecule has 0 spiro atoms. The summed E-state index contributed by atoms with van der Waals surface area (Å²) in [5, 5.41) is 8.61. The molecule has 4 unspecified atom stereocenters. The van der Waals surface area contributed by atoms with Gasteiger partial charge in [-0.3, -0.25) is 0 Å². The molecule has 6 heteroatoms. The van der Waals surface area contributed by atoms with Crippen molar-refractivity contribution in [3.63, 3.8) is 0 Å². The van der Waals surface area contributed by atoms with Crippen LogP contribution in [0.4, 0.5) is 13.2 Å². The molecule has 0 aromatic rings. The number of alkyl halides is 4. The first-order chi connectivity index (χ1) is 6.32. The molecular formula is C8H13ClF3NO. The summed E-state index contributed by atoms with van der Waals surface area (Å²) in [5.41, 5.74) is 5.17. The molecule has 14 heavy (non-hydrogen) atoms. The van der Waals surface area contributed by atoms with Gasteiger partial charge in [-0.15, -0.1) is 11.6 Å². The smallest absolute Gasteiger partial charge is 0.378 e. The number of rotatable bonds is 1.